The summed E-state index contributed by atoms with van der Waals surface area (Å²) in [5.41, 5.74) is 6.97. The maximum atomic E-state index is 9.09. The van der Waals surface area contributed by atoms with E-state index in [0.717, 1.165) is 12.2 Å². The number of nitrogens with one attached hydrogen (secondary N) is 1. The molecule has 0 bridgehead atoms. The Morgan fingerprint density at radius 2 is 1.95 bits per heavy atom. The highest BCUT2D eigenvalue weighted by Crippen LogP contribution is 2.20. The Balaban J connectivity index is 2.13. The first kappa shape index (κ1) is 15.3. The van der Waals surface area contributed by atoms with Crippen LogP contribution in [0.2, 0.25) is 0 Å². The maximum Gasteiger partial charge on any atom is 0.120 e. The van der Waals surface area contributed by atoms with E-state index < -0.39 is 0 Å². The van der Waals surface area contributed by atoms with Gasteiger partial charge in [-0.15, -0.1) is 0 Å². The van der Waals surface area contributed by atoms with Gasteiger partial charge in [-0.05, 0) is 50.5 Å². The van der Waals surface area contributed by atoms with Crippen molar-refractivity contribution >= 4 is 0 Å². The third kappa shape index (κ3) is 3.17. The molecule has 1 aromatic carbocycles. The summed E-state index contributed by atoms with van der Waals surface area (Å²) < 4.78 is 1.94. The third-order valence-corrected chi connectivity index (χ3v) is 4.25. The molecular formula is C18H23N3. The molecule has 21 heavy (non-hydrogen) atoms. The highest BCUT2D eigenvalue weighted by Gasteiger charge is 2.12. The predicted octanol–water partition coefficient (Wildman–Crippen LogP) is 3.67. The lowest BCUT2D eigenvalue weighted by Gasteiger charge is -2.17. The molecular weight excluding hydrogens is 258 g/mol. The molecule has 0 saturated carbocycles. The summed E-state index contributed by atoms with van der Waals surface area (Å²) in [4.78, 5) is 0. The zero-order valence-electron chi connectivity index (χ0n) is 13.5. The SMILES string of the molecule is Cc1ccc(C)c(C(C)NCc2cc(C#N)n(C)c2C)c1. The van der Waals surface area contributed by atoms with Gasteiger partial charge in [-0.1, -0.05) is 23.8 Å². The molecule has 2 rings (SSSR count). The van der Waals surface area contributed by atoms with Gasteiger partial charge in [0.05, 0.1) is 0 Å². The summed E-state index contributed by atoms with van der Waals surface area (Å²) in [5.74, 6) is 0. The minimum atomic E-state index is 0.287. The van der Waals surface area contributed by atoms with Crippen LogP contribution in [0.3, 0.4) is 0 Å². The molecule has 3 heteroatoms. The Labute approximate surface area is 127 Å². The van der Waals surface area contributed by atoms with Gasteiger partial charge >= 0.3 is 0 Å². The summed E-state index contributed by atoms with van der Waals surface area (Å²) in [6.07, 6.45) is 0. The quantitative estimate of drug-likeness (QED) is 0.929. The van der Waals surface area contributed by atoms with E-state index in [9.17, 15) is 0 Å². The van der Waals surface area contributed by atoms with Crippen LogP contribution in [-0.4, -0.2) is 4.57 Å². The van der Waals surface area contributed by atoms with Gasteiger partial charge < -0.3 is 9.88 Å². The van der Waals surface area contributed by atoms with Crippen LogP contribution in [0.15, 0.2) is 24.3 Å². The zero-order valence-corrected chi connectivity index (χ0v) is 13.5. The molecule has 0 spiro atoms. The lowest BCUT2D eigenvalue weighted by molar-refractivity contribution is 0.570. The highest BCUT2D eigenvalue weighted by molar-refractivity contribution is 5.35. The van der Waals surface area contributed by atoms with E-state index in [0.29, 0.717) is 5.69 Å². The van der Waals surface area contributed by atoms with Crippen molar-refractivity contribution in [2.45, 2.75) is 40.3 Å². The summed E-state index contributed by atoms with van der Waals surface area (Å²) in [6, 6.07) is 11.0. The van der Waals surface area contributed by atoms with Crippen molar-refractivity contribution < 1.29 is 0 Å². The largest absolute Gasteiger partial charge is 0.340 e. The topological polar surface area (TPSA) is 40.8 Å². The van der Waals surface area contributed by atoms with Crippen molar-refractivity contribution in [3.63, 3.8) is 0 Å². The molecule has 1 aromatic heterocycles. The Morgan fingerprint density at radius 1 is 1.24 bits per heavy atom. The molecule has 1 unspecified atom stereocenters. The van der Waals surface area contributed by atoms with Crippen molar-refractivity contribution in [2.24, 2.45) is 7.05 Å². The molecule has 3 nitrogen and oxygen atoms in total. The second-order valence-corrected chi connectivity index (χ2v) is 5.77. The first-order chi connectivity index (χ1) is 9.93. The summed E-state index contributed by atoms with van der Waals surface area (Å²) in [6.45, 7) is 9.28. The minimum absolute atomic E-state index is 0.287. The fourth-order valence-corrected chi connectivity index (χ4v) is 2.65. The van der Waals surface area contributed by atoms with Crippen LogP contribution in [0.5, 0.6) is 0 Å². The molecule has 0 fully saturated rings. The molecule has 110 valence electrons. The zero-order chi connectivity index (χ0) is 15.6. The Kier molecular flexibility index (Phi) is 4.50. The second-order valence-electron chi connectivity index (χ2n) is 5.77. The van der Waals surface area contributed by atoms with Crippen LogP contribution in [-0.2, 0) is 13.6 Å². The van der Waals surface area contributed by atoms with Crippen LogP contribution in [0.25, 0.3) is 0 Å². The van der Waals surface area contributed by atoms with E-state index in [1.54, 1.807) is 0 Å². The highest BCUT2D eigenvalue weighted by atomic mass is 15.0. The summed E-state index contributed by atoms with van der Waals surface area (Å²) >= 11 is 0. The summed E-state index contributed by atoms with van der Waals surface area (Å²) in [7, 11) is 1.94. The number of nitrogens with zero attached hydrogens (tertiary/aromatic N) is 2. The Morgan fingerprint density at radius 3 is 2.57 bits per heavy atom. The molecule has 0 radical (unpaired) electrons. The minimum Gasteiger partial charge on any atom is -0.340 e. The lowest BCUT2D eigenvalue weighted by Crippen LogP contribution is -2.19. The number of hydrogen-bond donors (Lipinski definition) is 1. The number of hydrogen-bond acceptors (Lipinski definition) is 2. The number of benzene rings is 1. The van der Waals surface area contributed by atoms with Crippen LogP contribution in [0.1, 0.15) is 46.6 Å². The van der Waals surface area contributed by atoms with Crippen molar-refractivity contribution in [2.75, 3.05) is 0 Å². The van der Waals surface area contributed by atoms with E-state index in [1.807, 2.05) is 17.7 Å². The molecule has 2 aromatic rings. The van der Waals surface area contributed by atoms with Crippen LogP contribution >= 0.6 is 0 Å². The van der Waals surface area contributed by atoms with E-state index in [-0.39, 0.29) is 6.04 Å². The van der Waals surface area contributed by atoms with Gasteiger partial charge in [-0.2, -0.15) is 5.26 Å². The van der Waals surface area contributed by atoms with Crippen molar-refractivity contribution in [1.29, 1.82) is 5.26 Å². The monoisotopic (exact) mass is 281 g/mol. The second kappa shape index (κ2) is 6.15. The number of aryl methyl sites for hydroxylation is 2. The standard InChI is InChI=1S/C18H23N3/c1-12-6-7-13(2)18(8-12)14(3)20-11-16-9-17(10-19)21(5)15(16)4/h6-9,14,20H,11H2,1-5H3. The average Bonchev–Trinajstić information content (AvgIpc) is 2.74. The number of aromatic nitrogens is 1. The smallest absolute Gasteiger partial charge is 0.120 e. The maximum absolute atomic E-state index is 9.09. The molecule has 1 atom stereocenters. The van der Waals surface area contributed by atoms with Gasteiger partial charge in [0.2, 0.25) is 0 Å². The fraction of sp³-hybridized carbons (Fsp3) is 0.389. The normalized spacial score (nSPS) is 12.2. The summed E-state index contributed by atoms with van der Waals surface area (Å²) in [5, 5.41) is 12.7. The van der Waals surface area contributed by atoms with Gasteiger partial charge in [-0.25, -0.2) is 0 Å². The predicted molar refractivity (Wildman–Crippen MR) is 86.0 cm³/mol. The van der Waals surface area contributed by atoms with Crippen molar-refractivity contribution in [3.05, 3.63) is 57.9 Å². The molecule has 0 aliphatic carbocycles. The van der Waals surface area contributed by atoms with Gasteiger partial charge in [0, 0.05) is 25.3 Å². The lowest BCUT2D eigenvalue weighted by atomic mass is 10.00. The van der Waals surface area contributed by atoms with E-state index >= 15 is 0 Å². The van der Waals surface area contributed by atoms with Crippen molar-refractivity contribution in [1.82, 2.24) is 9.88 Å². The van der Waals surface area contributed by atoms with E-state index in [2.05, 4.69) is 57.3 Å². The molecule has 0 amide bonds. The van der Waals surface area contributed by atoms with Crippen LogP contribution in [0.4, 0.5) is 0 Å². The van der Waals surface area contributed by atoms with E-state index in [4.69, 9.17) is 5.26 Å². The van der Waals surface area contributed by atoms with Crippen LogP contribution in [0, 0.1) is 32.1 Å². The number of rotatable bonds is 4. The Bertz CT molecular complexity index is 689. The fourth-order valence-electron chi connectivity index (χ4n) is 2.65. The van der Waals surface area contributed by atoms with Gasteiger partial charge in [0.25, 0.3) is 0 Å². The van der Waals surface area contributed by atoms with Gasteiger partial charge in [0.15, 0.2) is 0 Å². The first-order valence-electron chi connectivity index (χ1n) is 7.30. The van der Waals surface area contributed by atoms with Gasteiger partial charge in [0.1, 0.15) is 11.8 Å². The average molecular weight is 281 g/mol. The Hall–Kier alpha value is -2.05. The first-order valence-corrected chi connectivity index (χ1v) is 7.30. The number of nitriles is 1. The molecule has 1 heterocycles. The van der Waals surface area contributed by atoms with Crippen molar-refractivity contribution in [3.8, 4) is 6.07 Å². The van der Waals surface area contributed by atoms with E-state index in [1.165, 1.54) is 22.3 Å². The molecule has 0 aliphatic heterocycles. The molecule has 0 saturated heterocycles. The van der Waals surface area contributed by atoms with Crippen LogP contribution < -0.4 is 5.32 Å². The molecule has 1 N–H and O–H groups in total. The third-order valence-electron chi connectivity index (χ3n) is 4.25. The van der Waals surface area contributed by atoms with Gasteiger partial charge in [-0.3, -0.25) is 0 Å². The molecule has 0 aliphatic rings.